The summed E-state index contributed by atoms with van der Waals surface area (Å²) in [6.45, 7) is 4.75. The molecule has 3 aromatic heterocycles. The number of nitrogens with zero attached hydrogens (tertiary/aromatic N) is 3. The van der Waals surface area contributed by atoms with Gasteiger partial charge < -0.3 is 4.74 Å². The molecule has 0 N–H and O–H groups in total. The molecule has 27 heavy (non-hydrogen) atoms. The maximum atomic E-state index is 12.8. The molecule has 0 radical (unpaired) electrons. The molecule has 0 fully saturated rings. The molecule has 0 aliphatic rings. The molecule has 3 heterocycles. The van der Waals surface area contributed by atoms with Gasteiger partial charge in [0, 0.05) is 15.3 Å². The molecular formula is C19H16ClN3O2S2. The predicted molar refractivity (Wildman–Crippen MR) is 110 cm³/mol. The highest BCUT2D eigenvalue weighted by Gasteiger charge is 2.13. The molecular weight excluding hydrogens is 402 g/mol. The van der Waals surface area contributed by atoms with E-state index >= 15 is 0 Å². The molecule has 0 saturated carbocycles. The zero-order chi connectivity index (χ0) is 19.0. The van der Waals surface area contributed by atoms with E-state index in [0.29, 0.717) is 23.6 Å². The van der Waals surface area contributed by atoms with Gasteiger partial charge in [0.25, 0.3) is 5.56 Å². The normalized spacial score (nSPS) is 11.2. The van der Waals surface area contributed by atoms with E-state index in [4.69, 9.17) is 16.3 Å². The lowest BCUT2D eigenvalue weighted by Crippen LogP contribution is -2.21. The summed E-state index contributed by atoms with van der Waals surface area (Å²) >= 11 is 8.94. The van der Waals surface area contributed by atoms with Crippen molar-refractivity contribution in [2.75, 3.05) is 0 Å². The van der Waals surface area contributed by atoms with Crippen molar-refractivity contribution in [1.29, 1.82) is 0 Å². The number of benzene rings is 1. The van der Waals surface area contributed by atoms with Crippen LogP contribution in [0.5, 0.6) is 5.75 Å². The van der Waals surface area contributed by atoms with Gasteiger partial charge in [-0.25, -0.2) is 9.97 Å². The molecule has 0 unspecified atom stereocenters. The first-order valence-electron chi connectivity index (χ1n) is 8.28. The zero-order valence-corrected chi connectivity index (χ0v) is 17.1. The van der Waals surface area contributed by atoms with Gasteiger partial charge in [0.1, 0.15) is 22.2 Å². The number of fused-ring (bicyclic) bond motifs is 1. The summed E-state index contributed by atoms with van der Waals surface area (Å²) in [5.74, 6) is 0.741. The largest absolute Gasteiger partial charge is 0.486 e. The Morgan fingerprint density at radius 3 is 2.78 bits per heavy atom. The minimum Gasteiger partial charge on any atom is -0.486 e. The highest BCUT2D eigenvalue weighted by atomic mass is 35.5. The summed E-state index contributed by atoms with van der Waals surface area (Å²) in [4.78, 5) is 23.7. The standard InChI is InChI=1S/C19H16ClN3O2S2/c1-11-12(2)27-18-17(11)19(24)23(10-21-18)7-14-9-26-16(22-14)8-25-15-5-3-13(20)4-6-15/h3-6,9-10H,7-8H2,1-2H3. The second-order valence-electron chi connectivity index (χ2n) is 6.12. The van der Waals surface area contributed by atoms with Gasteiger partial charge >= 0.3 is 0 Å². The van der Waals surface area contributed by atoms with Gasteiger partial charge in [0.2, 0.25) is 0 Å². The Morgan fingerprint density at radius 1 is 1.22 bits per heavy atom. The highest BCUT2D eigenvalue weighted by molar-refractivity contribution is 7.18. The summed E-state index contributed by atoms with van der Waals surface area (Å²) in [5.41, 5.74) is 1.81. The lowest BCUT2D eigenvalue weighted by molar-refractivity contribution is 0.305. The van der Waals surface area contributed by atoms with E-state index in [1.54, 1.807) is 34.4 Å². The molecule has 1 aromatic carbocycles. The average Bonchev–Trinajstić information content (AvgIpc) is 3.22. The number of aromatic nitrogens is 3. The molecule has 0 aliphatic carbocycles. The van der Waals surface area contributed by atoms with Crippen molar-refractivity contribution in [3.05, 3.63) is 72.5 Å². The summed E-state index contributed by atoms with van der Waals surface area (Å²) in [6.07, 6.45) is 1.60. The first-order chi connectivity index (χ1) is 13.0. The van der Waals surface area contributed by atoms with Gasteiger partial charge in [-0.3, -0.25) is 9.36 Å². The highest BCUT2D eigenvalue weighted by Crippen LogP contribution is 2.25. The Morgan fingerprint density at radius 2 is 2.00 bits per heavy atom. The first-order valence-corrected chi connectivity index (χ1v) is 10.4. The van der Waals surface area contributed by atoms with Gasteiger partial charge in [0.05, 0.1) is 24.0 Å². The Labute approximate surface area is 168 Å². The topological polar surface area (TPSA) is 57.0 Å². The van der Waals surface area contributed by atoms with Crippen molar-refractivity contribution in [2.45, 2.75) is 27.0 Å². The van der Waals surface area contributed by atoms with Crippen LogP contribution >= 0.6 is 34.3 Å². The van der Waals surface area contributed by atoms with Crippen LogP contribution in [0.3, 0.4) is 0 Å². The Bertz CT molecular complexity index is 1160. The number of hydrogen-bond acceptors (Lipinski definition) is 6. The molecule has 4 rings (SSSR count). The number of rotatable bonds is 5. The van der Waals surface area contributed by atoms with Crippen LogP contribution in [-0.2, 0) is 13.2 Å². The number of halogens is 1. The molecule has 0 saturated heterocycles. The van der Waals surface area contributed by atoms with Gasteiger partial charge in [-0.2, -0.15) is 0 Å². The van der Waals surface area contributed by atoms with Crippen molar-refractivity contribution < 1.29 is 4.74 Å². The summed E-state index contributed by atoms with van der Waals surface area (Å²) in [6, 6.07) is 7.21. The summed E-state index contributed by atoms with van der Waals surface area (Å²) < 4.78 is 7.33. The lowest BCUT2D eigenvalue weighted by atomic mass is 10.2. The Balaban J connectivity index is 1.50. The smallest absolute Gasteiger partial charge is 0.262 e. The average molecular weight is 418 g/mol. The second-order valence-corrected chi connectivity index (χ2v) is 8.70. The van der Waals surface area contributed by atoms with Crippen LogP contribution in [0.2, 0.25) is 5.02 Å². The fourth-order valence-corrected chi connectivity index (χ4v) is 4.53. The third kappa shape index (κ3) is 3.76. The van der Waals surface area contributed by atoms with Crippen molar-refractivity contribution in [3.8, 4) is 5.75 Å². The zero-order valence-electron chi connectivity index (χ0n) is 14.7. The summed E-state index contributed by atoms with van der Waals surface area (Å²) in [7, 11) is 0. The Kier molecular flexibility index (Phi) is 4.99. The maximum Gasteiger partial charge on any atom is 0.262 e. The van der Waals surface area contributed by atoms with Gasteiger partial charge in [-0.05, 0) is 43.7 Å². The van der Waals surface area contributed by atoms with Crippen LogP contribution < -0.4 is 10.3 Å². The molecule has 0 spiro atoms. The predicted octanol–water partition coefficient (Wildman–Crippen LogP) is 4.81. The fourth-order valence-electron chi connectivity index (χ4n) is 2.72. The van der Waals surface area contributed by atoms with Gasteiger partial charge in [-0.15, -0.1) is 22.7 Å². The molecule has 0 amide bonds. The monoisotopic (exact) mass is 417 g/mol. The van der Waals surface area contributed by atoms with Crippen LogP contribution in [0.4, 0.5) is 0 Å². The minimum atomic E-state index is -0.0196. The van der Waals surface area contributed by atoms with Crippen LogP contribution in [-0.4, -0.2) is 14.5 Å². The number of aryl methyl sites for hydroxylation is 2. The maximum absolute atomic E-state index is 12.8. The fraction of sp³-hybridized carbons (Fsp3) is 0.211. The quantitative estimate of drug-likeness (QED) is 0.467. The second kappa shape index (κ2) is 7.42. The third-order valence-electron chi connectivity index (χ3n) is 4.26. The Hall–Kier alpha value is -2.22. The van der Waals surface area contributed by atoms with Crippen molar-refractivity contribution >= 4 is 44.5 Å². The van der Waals surface area contributed by atoms with E-state index in [-0.39, 0.29) is 5.56 Å². The van der Waals surface area contributed by atoms with E-state index in [1.807, 2.05) is 31.4 Å². The number of thiazole rings is 1. The van der Waals surface area contributed by atoms with Gasteiger partial charge in [0.15, 0.2) is 0 Å². The van der Waals surface area contributed by atoms with Crippen LogP contribution in [0, 0.1) is 13.8 Å². The van der Waals surface area contributed by atoms with Crippen molar-refractivity contribution in [3.63, 3.8) is 0 Å². The van der Waals surface area contributed by atoms with Crippen molar-refractivity contribution in [1.82, 2.24) is 14.5 Å². The van der Waals surface area contributed by atoms with E-state index in [0.717, 1.165) is 31.7 Å². The van der Waals surface area contributed by atoms with Crippen molar-refractivity contribution in [2.24, 2.45) is 0 Å². The number of thiophene rings is 1. The molecule has 0 aliphatic heterocycles. The first kappa shape index (κ1) is 18.2. The minimum absolute atomic E-state index is 0.0196. The molecule has 0 bridgehead atoms. The number of ether oxygens (including phenoxy) is 1. The van der Waals surface area contributed by atoms with Crippen LogP contribution in [0.25, 0.3) is 10.2 Å². The molecule has 5 nitrogen and oxygen atoms in total. The lowest BCUT2D eigenvalue weighted by Gasteiger charge is -2.04. The molecule has 138 valence electrons. The SMILES string of the molecule is Cc1sc2ncn(Cc3csc(COc4ccc(Cl)cc4)n3)c(=O)c2c1C. The van der Waals surface area contributed by atoms with Crippen LogP contribution in [0.1, 0.15) is 21.1 Å². The van der Waals surface area contributed by atoms with E-state index < -0.39 is 0 Å². The van der Waals surface area contributed by atoms with E-state index in [2.05, 4.69) is 9.97 Å². The van der Waals surface area contributed by atoms with E-state index in [9.17, 15) is 4.79 Å². The third-order valence-corrected chi connectivity index (χ3v) is 6.50. The van der Waals surface area contributed by atoms with Crippen LogP contribution in [0.15, 0.2) is 40.8 Å². The van der Waals surface area contributed by atoms with E-state index in [1.165, 1.54) is 11.3 Å². The molecule has 4 aromatic rings. The van der Waals surface area contributed by atoms with Gasteiger partial charge in [-0.1, -0.05) is 11.6 Å². The molecule has 8 heteroatoms. The molecule has 0 atom stereocenters. The summed E-state index contributed by atoms with van der Waals surface area (Å²) in [5, 5.41) is 4.18. The number of hydrogen-bond donors (Lipinski definition) is 0.